The lowest BCUT2D eigenvalue weighted by atomic mass is 9.58. The highest BCUT2D eigenvalue weighted by molar-refractivity contribution is 5.77. The Kier molecular flexibility index (Phi) is 7.70. The van der Waals surface area contributed by atoms with E-state index in [4.69, 9.17) is 19.1 Å². The molecule has 3 rings (SSSR count). The molecule has 1 N–H and O–H groups in total. The van der Waals surface area contributed by atoms with E-state index >= 15 is 0 Å². The highest BCUT2D eigenvalue weighted by Gasteiger charge is 2.50. The summed E-state index contributed by atoms with van der Waals surface area (Å²) in [5.74, 6) is -1.61. The van der Waals surface area contributed by atoms with Gasteiger partial charge in [0.1, 0.15) is 12.4 Å². The summed E-state index contributed by atoms with van der Waals surface area (Å²) in [6.07, 6.45) is 1.40. The summed E-state index contributed by atoms with van der Waals surface area (Å²) in [6, 6.07) is 4.59. The molecular weight excluding hydrogens is 393 g/mol. The number of amides is 1. The number of nitrogens with zero attached hydrogens (tertiary/aromatic N) is 2. The maximum absolute atomic E-state index is 11.9. The molecule has 7 nitrogen and oxygen atoms in total. The molecule has 1 unspecified atom stereocenters. The predicted molar refractivity (Wildman–Crippen MR) is 97.0 cm³/mol. The molecule has 29 heavy (non-hydrogen) atoms. The van der Waals surface area contributed by atoms with Crippen LogP contribution in [0.4, 0.5) is 13.2 Å². The van der Waals surface area contributed by atoms with Crippen molar-refractivity contribution in [2.45, 2.75) is 44.4 Å². The first-order chi connectivity index (χ1) is 13.6. The number of hydrogen-bond donors (Lipinski definition) is 1. The number of furan rings is 1. The standard InChI is InChI=1S/C17H26N2O3.C2HF3O2/c1-18(12-14-4-3-11-22-14)15-5-6-17(15)7-9-19(10-8-17)16(20)13-21-2;3-2(4,5)1(6)7/h3-4,11,15H,5-10,12-13H2,1-2H3;(H,6,7). The van der Waals surface area contributed by atoms with Crippen LogP contribution >= 0.6 is 0 Å². The summed E-state index contributed by atoms with van der Waals surface area (Å²) in [5.41, 5.74) is 0.394. The SMILES string of the molecule is COCC(=O)N1CCC2(CCC2N(C)Cc2ccco2)CC1.O=C(O)C(F)(F)F. The van der Waals surface area contributed by atoms with Crippen LogP contribution in [0.5, 0.6) is 0 Å². The van der Waals surface area contributed by atoms with E-state index in [1.165, 1.54) is 12.8 Å². The third kappa shape index (κ3) is 5.96. The minimum atomic E-state index is -5.08. The number of carboxylic acid groups (broad SMARTS) is 1. The second-order valence-corrected chi connectivity index (χ2v) is 7.53. The largest absolute Gasteiger partial charge is 0.490 e. The van der Waals surface area contributed by atoms with Gasteiger partial charge in [-0.3, -0.25) is 9.69 Å². The summed E-state index contributed by atoms with van der Waals surface area (Å²) in [6.45, 7) is 2.81. The van der Waals surface area contributed by atoms with Crippen molar-refractivity contribution in [2.24, 2.45) is 5.41 Å². The van der Waals surface area contributed by atoms with Crippen molar-refractivity contribution in [3.63, 3.8) is 0 Å². The quantitative estimate of drug-likeness (QED) is 0.789. The molecule has 1 aliphatic carbocycles. The molecule has 1 amide bonds. The van der Waals surface area contributed by atoms with Gasteiger partial charge >= 0.3 is 12.1 Å². The monoisotopic (exact) mass is 420 g/mol. The van der Waals surface area contributed by atoms with Gasteiger partial charge < -0.3 is 19.2 Å². The van der Waals surface area contributed by atoms with E-state index in [0.29, 0.717) is 11.5 Å². The molecule has 0 aromatic carbocycles. The summed E-state index contributed by atoms with van der Waals surface area (Å²) in [4.78, 5) is 25.2. The predicted octanol–water partition coefficient (Wildman–Crippen LogP) is 2.76. The van der Waals surface area contributed by atoms with Crippen molar-refractivity contribution in [1.82, 2.24) is 9.80 Å². The number of alkyl halides is 3. The number of aliphatic carboxylic acids is 1. The van der Waals surface area contributed by atoms with E-state index in [9.17, 15) is 18.0 Å². The van der Waals surface area contributed by atoms with E-state index in [1.54, 1.807) is 13.4 Å². The van der Waals surface area contributed by atoms with Crippen molar-refractivity contribution in [3.8, 4) is 0 Å². The van der Waals surface area contributed by atoms with Crippen LogP contribution in [0.3, 0.4) is 0 Å². The Morgan fingerprint density at radius 1 is 1.34 bits per heavy atom. The Morgan fingerprint density at radius 3 is 2.38 bits per heavy atom. The number of likely N-dealkylation sites (tertiary alicyclic amines) is 1. The smallest absolute Gasteiger partial charge is 0.475 e. The van der Waals surface area contributed by atoms with Gasteiger partial charge in [-0.25, -0.2) is 4.79 Å². The summed E-state index contributed by atoms with van der Waals surface area (Å²) >= 11 is 0. The molecule has 2 heterocycles. The number of ether oxygens (including phenoxy) is 1. The molecule has 1 saturated carbocycles. The zero-order chi connectivity index (χ0) is 21.7. The highest BCUT2D eigenvalue weighted by Crippen LogP contribution is 2.51. The van der Waals surface area contributed by atoms with Crippen LogP contribution in [0.2, 0.25) is 0 Å². The molecule has 1 aliphatic heterocycles. The Bertz CT molecular complexity index is 670. The Labute approximate surface area is 167 Å². The first-order valence-corrected chi connectivity index (χ1v) is 9.38. The van der Waals surface area contributed by atoms with E-state index in [2.05, 4.69) is 11.9 Å². The van der Waals surface area contributed by atoms with Crippen LogP contribution in [0.15, 0.2) is 22.8 Å². The van der Waals surface area contributed by atoms with Crippen molar-refractivity contribution in [3.05, 3.63) is 24.2 Å². The zero-order valence-corrected chi connectivity index (χ0v) is 16.6. The van der Waals surface area contributed by atoms with Gasteiger partial charge in [-0.1, -0.05) is 0 Å². The van der Waals surface area contributed by atoms with Crippen LogP contribution in [-0.4, -0.2) is 72.9 Å². The van der Waals surface area contributed by atoms with Crippen molar-refractivity contribution < 1.29 is 37.0 Å². The molecule has 1 aromatic rings. The molecule has 0 bridgehead atoms. The molecule has 1 saturated heterocycles. The van der Waals surface area contributed by atoms with Crippen LogP contribution in [0.1, 0.15) is 31.4 Å². The van der Waals surface area contributed by atoms with Gasteiger partial charge in [0.25, 0.3) is 0 Å². The molecule has 0 radical (unpaired) electrons. The number of carboxylic acids is 1. The van der Waals surface area contributed by atoms with Gasteiger partial charge in [-0.2, -0.15) is 13.2 Å². The number of carbonyl (C=O) groups excluding carboxylic acids is 1. The first-order valence-electron chi connectivity index (χ1n) is 9.38. The minimum absolute atomic E-state index is 0.122. The van der Waals surface area contributed by atoms with Crippen LogP contribution in [0.25, 0.3) is 0 Å². The molecule has 1 atom stereocenters. The van der Waals surface area contributed by atoms with E-state index in [1.807, 2.05) is 17.0 Å². The third-order valence-corrected chi connectivity index (χ3v) is 5.76. The fourth-order valence-corrected chi connectivity index (χ4v) is 4.13. The number of carbonyl (C=O) groups is 2. The van der Waals surface area contributed by atoms with Gasteiger partial charge in [0.05, 0.1) is 12.8 Å². The lowest BCUT2D eigenvalue weighted by Crippen LogP contribution is -2.58. The number of rotatable bonds is 5. The van der Waals surface area contributed by atoms with Crippen molar-refractivity contribution in [2.75, 3.05) is 33.9 Å². The van der Waals surface area contributed by atoms with Gasteiger partial charge in [0, 0.05) is 26.2 Å². The molecule has 2 aliphatic rings. The molecule has 1 aromatic heterocycles. The number of methoxy groups -OCH3 is 1. The molecule has 10 heteroatoms. The average Bonchev–Trinajstić information content (AvgIpc) is 3.13. The van der Waals surface area contributed by atoms with Crippen molar-refractivity contribution >= 4 is 11.9 Å². The van der Waals surface area contributed by atoms with Crippen molar-refractivity contribution in [1.29, 1.82) is 0 Å². The van der Waals surface area contributed by atoms with Gasteiger partial charge in [0.2, 0.25) is 5.91 Å². The summed E-state index contributed by atoms with van der Waals surface area (Å²) in [7, 11) is 3.77. The minimum Gasteiger partial charge on any atom is -0.475 e. The van der Waals surface area contributed by atoms with Gasteiger partial charge in [-0.15, -0.1) is 0 Å². The Hall–Kier alpha value is -2.07. The van der Waals surface area contributed by atoms with Gasteiger partial charge in [0.15, 0.2) is 0 Å². The lowest BCUT2D eigenvalue weighted by Gasteiger charge is -2.56. The second-order valence-electron chi connectivity index (χ2n) is 7.53. The zero-order valence-electron chi connectivity index (χ0n) is 16.6. The second kappa shape index (κ2) is 9.62. The van der Waals surface area contributed by atoms with Crippen LogP contribution in [-0.2, 0) is 20.9 Å². The van der Waals surface area contributed by atoms with Crippen LogP contribution < -0.4 is 0 Å². The highest BCUT2D eigenvalue weighted by atomic mass is 19.4. The molecular formula is C19H27F3N2O5. The molecule has 2 fully saturated rings. The number of hydrogen-bond acceptors (Lipinski definition) is 5. The normalized spacial score (nSPS) is 20.8. The number of halogens is 3. The lowest BCUT2D eigenvalue weighted by molar-refractivity contribution is -0.192. The fourth-order valence-electron chi connectivity index (χ4n) is 4.13. The van der Waals surface area contributed by atoms with E-state index in [-0.39, 0.29) is 12.5 Å². The van der Waals surface area contributed by atoms with E-state index in [0.717, 1.165) is 38.2 Å². The third-order valence-electron chi connectivity index (χ3n) is 5.76. The molecule has 164 valence electrons. The summed E-state index contributed by atoms with van der Waals surface area (Å²) < 4.78 is 42.2. The topological polar surface area (TPSA) is 83.2 Å². The Balaban J connectivity index is 0.000000370. The fraction of sp³-hybridized carbons (Fsp3) is 0.684. The van der Waals surface area contributed by atoms with E-state index < -0.39 is 12.1 Å². The average molecular weight is 420 g/mol. The maximum atomic E-state index is 11.9. The number of piperidine rings is 1. The maximum Gasteiger partial charge on any atom is 0.490 e. The molecule has 1 spiro atoms. The first kappa shape index (κ1) is 23.2. The van der Waals surface area contributed by atoms with Gasteiger partial charge in [-0.05, 0) is 50.3 Å². The summed E-state index contributed by atoms with van der Waals surface area (Å²) in [5, 5.41) is 7.12. The Morgan fingerprint density at radius 2 is 1.97 bits per heavy atom. The van der Waals surface area contributed by atoms with Crippen LogP contribution in [0, 0.1) is 5.41 Å².